The number of carbonyl (C=O) groups is 3. The van der Waals surface area contributed by atoms with Crippen molar-refractivity contribution in [3.05, 3.63) is 54.0 Å². The highest BCUT2D eigenvalue weighted by Gasteiger charge is 2.07. The second kappa shape index (κ2) is 10.9. The maximum atomic E-state index is 12.0. The summed E-state index contributed by atoms with van der Waals surface area (Å²) in [6.45, 7) is 0.0730. The van der Waals surface area contributed by atoms with Gasteiger partial charge in [0.05, 0.1) is 25.8 Å². The van der Waals surface area contributed by atoms with Crippen LogP contribution in [0.15, 0.2) is 47.1 Å². The molecule has 3 amide bonds. The fourth-order valence-corrected chi connectivity index (χ4v) is 2.98. The van der Waals surface area contributed by atoms with Gasteiger partial charge in [0.1, 0.15) is 5.76 Å². The lowest BCUT2D eigenvalue weighted by Gasteiger charge is -2.09. The molecule has 2 aromatic rings. The predicted molar refractivity (Wildman–Crippen MR) is 102 cm³/mol. The van der Waals surface area contributed by atoms with Crippen LogP contribution >= 0.6 is 11.8 Å². The summed E-state index contributed by atoms with van der Waals surface area (Å²) in [5.74, 6) is 0.642. The lowest BCUT2D eigenvalue weighted by Crippen LogP contribution is -2.39. The van der Waals surface area contributed by atoms with Gasteiger partial charge in [-0.25, -0.2) is 4.79 Å². The first-order valence-electron chi connectivity index (χ1n) is 8.25. The van der Waals surface area contributed by atoms with Crippen molar-refractivity contribution in [2.75, 3.05) is 17.6 Å². The van der Waals surface area contributed by atoms with Crippen LogP contribution in [0.3, 0.4) is 0 Å². The van der Waals surface area contributed by atoms with Gasteiger partial charge in [-0.3, -0.25) is 9.59 Å². The minimum atomic E-state index is -0.816. The first-order chi connectivity index (χ1) is 13.0. The van der Waals surface area contributed by atoms with Crippen molar-refractivity contribution in [1.82, 2.24) is 10.6 Å². The molecule has 1 heterocycles. The quantitative estimate of drug-likeness (QED) is 0.462. The molecule has 0 fully saturated rings. The first kappa shape index (κ1) is 20.4. The summed E-state index contributed by atoms with van der Waals surface area (Å²) in [6, 6.07) is 10.3. The third-order valence-electron chi connectivity index (χ3n) is 3.35. The molecule has 2 rings (SSSR count). The number of carboxylic acid groups (broad SMARTS) is 1. The highest BCUT2D eigenvalue weighted by Crippen LogP contribution is 2.17. The van der Waals surface area contributed by atoms with Gasteiger partial charge in [-0.1, -0.05) is 12.1 Å². The van der Waals surface area contributed by atoms with Crippen LogP contribution < -0.4 is 16.0 Å². The van der Waals surface area contributed by atoms with E-state index in [9.17, 15) is 14.4 Å². The minimum absolute atomic E-state index is 0.120. The third kappa shape index (κ3) is 8.32. The Morgan fingerprint density at radius 2 is 1.96 bits per heavy atom. The lowest BCUT2D eigenvalue weighted by molar-refractivity contribution is -0.136. The Labute approximate surface area is 160 Å². The Kier molecular flexibility index (Phi) is 8.24. The minimum Gasteiger partial charge on any atom is -0.481 e. The van der Waals surface area contributed by atoms with E-state index in [-0.39, 0.29) is 25.4 Å². The summed E-state index contributed by atoms with van der Waals surface area (Å²) in [7, 11) is 0. The van der Waals surface area contributed by atoms with Gasteiger partial charge in [0.2, 0.25) is 5.91 Å². The molecule has 0 spiro atoms. The molecule has 0 radical (unpaired) electrons. The molecule has 9 heteroatoms. The topological polar surface area (TPSA) is 121 Å². The number of benzene rings is 1. The average molecular weight is 391 g/mol. The Morgan fingerprint density at radius 1 is 1.11 bits per heavy atom. The molecule has 0 aliphatic heterocycles. The number of carbonyl (C=O) groups excluding carboxylic acids is 2. The largest absolute Gasteiger partial charge is 0.481 e. The number of thioether (sulfide) groups is 1. The number of hydrogen-bond donors (Lipinski definition) is 4. The van der Waals surface area contributed by atoms with Crippen molar-refractivity contribution < 1.29 is 23.9 Å². The number of rotatable bonds is 10. The zero-order valence-electron chi connectivity index (χ0n) is 14.6. The molecule has 27 heavy (non-hydrogen) atoms. The van der Waals surface area contributed by atoms with Crippen LogP contribution in [0.1, 0.15) is 17.7 Å². The van der Waals surface area contributed by atoms with E-state index >= 15 is 0 Å². The van der Waals surface area contributed by atoms with E-state index < -0.39 is 12.0 Å². The first-order valence-corrected chi connectivity index (χ1v) is 9.41. The van der Waals surface area contributed by atoms with Crippen molar-refractivity contribution >= 4 is 35.4 Å². The second-order valence-corrected chi connectivity index (χ2v) is 6.67. The number of carboxylic acids is 1. The van der Waals surface area contributed by atoms with E-state index in [0.717, 1.165) is 5.56 Å². The van der Waals surface area contributed by atoms with E-state index in [1.54, 1.807) is 18.2 Å². The summed E-state index contributed by atoms with van der Waals surface area (Å²) < 4.78 is 5.09. The Morgan fingerprint density at radius 3 is 2.70 bits per heavy atom. The fraction of sp³-hybridized carbons (Fsp3) is 0.278. The molecule has 1 aromatic carbocycles. The molecule has 4 N–H and O–H groups in total. The summed E-state index contributed by atoms with van der Waals surface area (Å²) >= 11 is 1.51. The standard InChI is InChI=1S/C18H21N3O5S/c22-16(11-20-18(25)19-10-15-5-2-7-26-15)21-14-4-1-3-13(9-14)12-27-8-6-17(23)24/h1-5,7,9H,6,8,10-12H2,(H,21,22)(H,23,24)(H2,19,20,25). The lowest BCUT2D eigenvalue weighted by atomic mass is 10.2. The SMILES string of the molecule is O=C(O)CCSCc1cccc(NC(=O)CNC(=O)NCc2ccco2)c1. The van der Waals surface area contributed by atoms with E-state index in [1.807, 2.05) is 18.2 Å². The van der Waals surface area contributed by atoms with Crippen LogP contribution in [0.4, 0.5) is 10.5 Å². The monoisotopic (exact) mass is 391 g/mol. The maximum absolute atomic E-state index is 12.0. The molecular formula is C18H21N3O5S. The van der Waals surface area contributed by atoms with Crippen molar-refractivity contribution in [3.8, 4) is 0 Å². The Hall–Kier alpha value is -2.94. The molecular weight excluding hydrogens is 370 g/mol. The zero-order valence-corrected chi connectivity index (χ0v) is 15.4. The number of nitrogens with one attached hydrogen (secondary N) is 3. The third-order valence-corrected chi connectivity index (χ3v) is 4.38. The van der Waals surface area contributed by atoms with Gasteiger partial charge in [0.15, 0.2) is 0 Å². The van der Waals surface area contributed by atoms with Gasteiger partial charge in [-0.15, -0.1) is 0 Å². The highest BCUT2D eigenvalue weighted by molar-refractivity contribution is 7.98. The molecule has 0 aliphatic carbocycles. The number of hydrogen-bond acceptors (Lipinski definition) is 5. The number of anilines is 1. The molecule has 0 saturated heterocycles. The molecule has 144 valence electrons. The van der Waals surface area contributed by atoms with Gasteiger partial charge >= 0.3 is 12.0 Å². The van der Waals surface area contributed by atoms with Crippen molar-refractivity contribution in [2.45, 2.75) is 18.7 Å². The molecule has 0 aliphatic rings. The molecule has 8 nitrogen and oxygen atoms in total. The van der Waals surface area contributed by atoms with E-state index in [0.29, 0.717) is 23.0 Å². The maximum Gasteiger partial charge on any atom is 0.315 e. The number of furan rings is 1. The van der Waals surface area contributed by atoms with Gasteiger partial charge in [0, 0.05) is 17.2 Å². The summed E-state index contributed by atoms with van der Waals surface area (Å²) in [4.78, 5) is 34.1. The van der Waals surface area contributed by atoms with Crippen molar-refractivity contribution in [2.24, 2.45) is 0 Å². The molecule has 0 bridgehead atoms. The zero-order chi connectivity index (χ0) is 19.5. The molecule has 0 unspecified atom stereocenters. The van der Waals surface area contributed by atoms with Gasteiger partial charge in [-0.2, -0.15) is 11.8 Å². The van der Waals surface area contributed by atoms with Crippen LogP contribution in [-0.2, 0) is 21.9 Å². The fourth-order valence-electron chi connectivity index (χ4n) is 2.10. The van der Waals surface area contributed by atoms with Crippen molar-refractivity contribution in [1.29, 1.82) is 0 Å². The van der Waals surface area contributed by atoms with Crippen LogP contribution in [0.25, 0.3) is 0 Å². The van der Waals surface area contributed by atoms with Crippen molar-refractivity contribution in [3.63, 3.8) is 0 Å². The predicted octanol–water partition coefficient (Wildman–Crippen LogP) is 2.43. The summed E-state index contributed by atoms with van der Waals surface area (Å²) in [5.41, 5.74) is 1.60. The number of amides is 3. The van der Waals surface area contributed by atoms with Gasteiger partial charge < -0.3 is 25.5 Å². The van der Waals surface area contributed by atoms with E-state index in [4.69, 9.17) is 9.52 Å². The highest BCUT2D eigenvalue weighted by atomic mass is 32.2. The van der Waals surface area contributed by atoms with Crippen LogP contribution in [0, 0.1) is 0 Å². The number of aliphatic carboxylic acids is 1. The molecule has 0 atom stereocenters. The van der Waals surface area contributed by atoms with Crippen LogP contribution in [0.2, 0.25) is 0 Å². The van der Waals surface area contributed by atoms with Gasteiger partial charge in [-0.05, 0) is 29.8 Å². The number of urea groups is 1. The molecule has 1 aromatic heterocycles. The Bertz CT molecular complexity index is 764. The van der Waals surface area contributed by atoms with E-state index in [1.165, 1.54) is 18.0 Å². The van der Waals surface area contributed by atoms with E-state index in [2.05, 4.69) is 16.0 Å². The normalized spacial score (nSPS) is 10.2. The average Bonchev–Trinajstić information content (AvgIpc) is 3.16. The summed E-state index contributed by atoms with van der Waals surface area (Å²) in [5, 5.41) is 16.4. The molecule has 0 saturated carbocycles. The van der Waals surface area contributed by atoms with Gasteiger partial charge in [0.25, 0.3) is 0 Å². The Balaban J connectivity index is 1.69. The second-order valence-electron chi connectivity index (χ2n) is 5.56. The smallest absolute Gasteiger partial charge is 0.315 e. The summed E-state index contributed by atoms with van der Waals surface area (Å²) in [6.07, 6.45) is 1.63. The van der Waals surface area contributed by atoms with Crippen LogP contribution in [-0.4, -0.2) is 35.3 Å². The van der Waals surface area contributed by atoms with Crippen LogP contribution in [0.5, 0.6) is 0 Å².